The highest BCUT2D eigenvalue weighted by molar-refractivity contribution is 14.0. The molecule has 0 radical (unpaired) electrons. The van der Waals surface area contributed by atoms with E-state index < -0.39 is 0 Å². The number of likely N-dealkylation sites (tertiary alicyclic amines) is 1. The number of pyridine rings is 1. The molecule has 1 saturated heterocycles. The minimum Gasteiger partial charge on any atom is -0.497 e. The molecule has 1 unspecified atom stereocenters. The van der Waals surface area contributed by atoms with Crippen LogP contribution >= 0.6 is 24.0 Å². The number of hydrogen-bond donors (Lipinski definition) is 1. The molecule has 0 amide bonds. The number of aliphatic imine (C=N–C) groups is 1. The largest absolute Gasteiger partial charge is 0.497 e. The highest BCUT2D eigenvalue weighted by Crippen LogP contribution is 2.28. The van der Waals surface area contributed by atoms with E-state index >= 15 is 0 Å². The van der Waals surface area contributed by atoms with Crippen molar-refractivity contribution in [2.75, 3.05) is 27.2 Å². The summed E-state index contributed by atoms with van der Waals surface area (Å²) in [7, 11) is 3.54. The molecule has 0 aliphatic carbocycles. The van der Waals surface area contributed by atoms with E-state index in [1.807, 2.05) is 19.2 Å². The monoisotopic (exact) mass is 505 g/mol. The van der Waals surface area contributed by atoms with Gasteiger partial charge in [-0.25, -0.2) is 4.98 Å². The quantitative estimate of drug-likeness (QED) is 0.333. The molecule has 7 heteroatoms. The predicted octanol–water partition coefficient (Wildman–Crippen LogP) is 3.83. The van der Waals surface area contributed by atoms with Crippen LogP contribution in [0.15, 0.2) is 53.8 Å². The van der Waals surface area contributed by atoms with E-state index in [9.17, 15) is 0 Å². The topological polar surface area (TPSA) is 54.2 Å². The van der Waals surface area contributed by atoms with Crippen molar-refractivity contribution in [3.05, 3.63) is 65.6 Å². The van der Waals surface area contributed by atoms with Crippen molar-refractivity contribution >= 4 is 35.6 Å². The van der Waals surface area contributed by atoms with Crippen LogP contribution in [0.25, 0.3) is 5.65 Å². The lowest BCUT2D eigenvalue weighted by Crippen LogP contribution is -2.39. The SMILES string of the molecule is CN=C(NCc1cn2ccc(C)cc2n1)N1CCC(c2ccc(OC)cc2)C1.I. The molecule has 1 aromatic carbocycles. The summed E-state index contributed by atoms with van der Waals surface area (Å²) in [4.78, 5) is 11.5. The van der Waals surface area contributed by atoms with Crippen LogP contribution in [-0.4, -0.2) is 47.5 Å². The second kappa shape index (κ2) is 9.47. The minimum absolute atomic E-state index is 0. The van der Waals surface area contributed by atoms with Gasteiger partial charge in [0.1, 0.15) is 11.4 Å². The van der Waals surface area contributed by atoms with Crippen molar-refractivity contribution in [2.45, 2.75) is 25.8 Å². The molecule has 1 aliphatic heterocycles. The second-order valence-electron chi connectivity index (χ2n) is 7.31. The van der Waals surface area contributed by atoms with Gasteiger partial charge in [0.2, 0.25) is 0 Å². The maximum atomic E-state index is 5.26. The van der Waals surface area contributed by atoms with Gasteiger partial charge in [0.25, 0.3) is 0 Å². The van der Waals surface area contributed by atoms with Gasteiger partial charge < -0.3 is 19.4 Å². The Bertz CT molecular complexity index is 983. The first-order valence-electron chi connectivity index (χ1n) is 9.70. The summed E-state index contributed by atoms with van der Waals surface area (Å²) in [6, 6.07) is 12.6. The standard InChI is InChI=1S/C22H27N5O.HI/c1-16-8-10-26-15-19(25-21(26)12-16)13-24-22(23-2)27-11-9-18(14-27)17-4-6-20(28-3)7-5-17;/h4-8,10,12,15,18H,9,11,13-14H2,1-3H3,(H,23,24);1H. The smallest absolute Gasteiger partial charge is 0.193 e. The lowest BCUT2D eigenvalue weighted by molar-refractivity contribution is 0.414. The molecule has 4 rings (SSSR count). The number of aryl methyl sites for hydroxylation is 1. The summed E-state index contributed by atoms with van der Waals surface area (Å²) in [6.07, 6.45) is 5.25. The molecule has 1 fully saturated rings. The van der Waals surface area contributed by atoms with E-state index in [2.05, 4.69) is 63.2 Å². The van der Waals surface area contributed by atoms with Gasteiger partial charge in [-0.1, -0.05) is 12.1 Å². The van der Waals surface area contributed by atoms with Crippen molar-refractivity contribution in [2.24, 2.45) is 4.99 Å². The maximum absolute atomic E-state index is 5.26. The number of rotatable bonds is 4. The predicted molar refractivity (Wildman–Crippen MR) is 127 cm³/mol. The van der Waals surface area contributed by atoms with Crippen molar-refractivity contribution in [3.8, 4) is 5.75 Å². The van der Waals surface area contributed by atoms with E-state index in [0.717, 1.165) is 42.6 Å². The first-order valence-corrected chi connectivity index (χ1v) is 9.70. The second-order valence-corrected chi connectivity index (χ2v) is 7.31. The molecular formula is C22H28IN5O. The normalized spacial score (nSPS) is 16.7. The number of nitrogens with zero attached hydrogens (tertiary/aromatic N) is 4. The Morgan fingerprint density at radius 1 is 1.28 bits per heavy atom. The zero-order valence-corrected chi connectivity index (χ0v) is 19.5. The molecule has 3 aromatic rings. The lowest BCUT2D eigenvalue weighted by Gasteiger charge is -2.21. The van der Waals surface area contributed by atoms with Crippen LogP contribution in [0, 0.1) is 6.92 Å². The van der Waals surface area contributed by atoms with Crippen LogP contribution in [-0.2, 0) is 6.54 Å². The van der Waals surface area contributed by atoms with Gasteiger partial charge in [-0.2, -0.15) is 0 Å². The third-order valence-electron chi connectivity index (χ3n) is 5.38. The Labute approximate surface area is 189 Å². The van der Waals surface area contributed by atoms with E-state index in [4.69, 9.17) is 9.72 Å². The highest BCUT2D eigenvalue weighted by atomic mass is 127. The number of methoxy groups -OCH3 is 1. The average molecular weight is 505 g/mol. The molecule has 0 saturated carbocycles. The first kappa shape index (κ1) is 21.4. The van der Waals surface area contributed by atoms with Gasteiger partial charge >= 0.3 is 0 Å². The number of benzene rings is 1. The summed E-state index contributed by atoms with van der Waals surface area (Å²) in [5.74, 6) is 2.35. The van der Waals surface area contributed by atoms with Crippen LogP contribution in [0.5, 0.6) is 5.75 Å². The number of ether oxygens (including phenoxy) is 1. The molecule has 154 valence electrons. The number of guanidine groups is 1. The number of nitrogens with one attached hydrogen (secondary N) is 1. The summed E-state index contributed by atoms with van der Waals surface area (Å²) in [5.41, 5.74) is 4.56. The molecule has 29 heavy (non-hydrogen) atoms. The molecule has 1 atom stereocenters. The Morgan fingerprint density at radius 3 is 2.79 bits per heavy atom. The number of aromatic nitrogens is 2. The van der Waals surface area contributed by atoms with Gasteiger partial charge in [0.15, 0.2) is 5.96 Å². The van der Waals surface area contributed by atoms with Gasteiger partial charge in [0.05, 0.1) is 19.3 Å². The van der Waals surface area contributed by atoms with Crippen molar-refractivity contribution in [1.29, 1.82) is 0 Å². The zero-order valence-electron chi connectivity index (χ0n) is 17.1. The molecule has 0 spiro atoms. The fourth-order valence-corrected chi connectivity index (χ4v) is 3.82. The molecular weight excluding hydrogens is 477 g/mol. The zero-order chi connectivity index (χ0) is 19.5. The molecule has 1 N–H and O–H groups in total. The number of fused-ring (bicyclic) bond motifs is 1. The number of hydrogen-bond acceptors (Lipinski definition) is 3. The molecule has 2 aromatic heterocycles. The maximum Gasteiger partial charge on any atom is 0.193 e. The summed E-state index contributed by atoms with van der Waals surface area (Å²) >= 11 is 0. The van der Waals surface area contributed by atoms with Crippen LogP contribution in [0.1, 0.15) is 29.2 Å². The average Bonchev–Trinajstić information content (AvgIpc) is 3.35. The minimum atomic E-state index is 0. The third-order valence-corrected chi connectivity index (χ3v) is 5.38. The fourth-order valence-electron chi connectivity index (χ4n) is 3.82. The summed E-state index contributed by atoms with van der Waals surface area (Å²) in [5, 5.41) is 3.47. The molecule has 3 heterocycles. The van der Waals surface area contributed by atoms with Crippen molar-refractivity contribution in [1.82, 2.24) is 19.6 Å². The summed E-state index contributed by atoms with van der Waals surface area (Å²) < 4.78 is 7.32. The van der Waals surface area contributed by atoms with Crippen molar-refractivity contribution in [3.63, 3.8) is 0 Å². The third kappa shape index (κ3) is 4.83. The lowest BCUT2D eigenvalue weighted by atomic mass is 9.98. The van der Waals surface area contributed by atoms with Gasteiger partial charge in [0, 0.05) is 38.4 Å². The number of imidazole rings is 1. The van der Waals surface area contributed by atoms with Crippen LogP contribution in [0.2, 0.25) is 0 Å². The van der Waals surface area contributed by atoms with E-state index in [0.29, 0.717) is 12.5 Å². The number of halogens is 1. The Morgan fingerprint density at radius 2 is 2.07 bits per heavy atom. The van der Waals surface area contributed by atoms with Crippen LogP contribution in [0.4, 0.5) is 0 Å². The van der Waals surface area contributed by atoms with E-state index in [-0.39, 0.29) is 24.0 Å². The fraction of sp³-hybridized carbons (Fsp3) is 0.364. The van der Waals surface area contributed by atoms with E-state index in [1.54, 1.807) is 7.11 Å². The summed E-state index contributed by atoms with van der Waals surface area (Å²) in [6.45, 7) is 4.72. The Kier molecular flexibility index (Phi) is 7.00. The van der Waals surface area contributed by atoms with Crippen LogP contribution < -0.4 is 10.1 Å². The Balaban J connectivity index is 0.00000240. The van der Waals surface area contributed by atoms with Crippen molar-refractivity contribution < 1.29 is 4.74 Å². The highest BCUT2D eigenvalue weighted by Gasteiger charge is 2.26. The van der Waals surface area contributed by atoms with Crippen LogP contribution in [0.3, 0.4) is 0 Å². The molecule has 1 aliphatic rings. The van der Waals surface area contributed by atoms with Gasteiger partial charge in [-0.05, 0) is 48.7 Å². The van der Waals surface area contributed by atoms with Gasteiger partial charge in [-0.15, -0.1) is 24.0 Å². The van der Waals surface area contributed by atoms with E-state index in [1.165, 1.54) is 11.1 Å². The molecule has 6 nitrogen and oxygen atoms in total. The Hall–Kier alpha value is -2.29. The van der Waals surface area contributed by atoms with Gasteiger partial charge in [-0.3, -0.25) is 4.99 Å². The first-order chi connectivity index (χ1) is 13.7. The molecule has 0 bridgehead atoms.